The highest BCUT2D eigenvalue weighted by atomic mass is 16.6. The molecule has 1 aliphatic heterocycles. The van der Waals surface area contributed by atoms with Crippen molar-refractivity contribution in [2.75, 3.05) is 0 Å². The summed E-state index contributed by atoms with van der Waals surface area (Å²) in [7, 11) is 0. The van der Waals surface area contributed by atoms with Gasteiger partial charge in [0.05, 0.1) is 0 Å². The van der Waals surface area contributed by atoms with Crippen LogP contribution in [0.25, 0.3) is 0 Å². The number of rotatable bonds is 3. The molecule has 1 heterocycles. The summed E-state index contributed by atoms with van der Waals surface area (Å²) in [5.74, 6) is -0.888. The molecule has 0 saturated carbocycles. The van der Waals surface area contributed by atoms with Gasteiger partial charge in [-0.25, -0.2) is 0 Å². The fourth-order valence-electron chi connectivity index (χ4n) is 1.48. The Balaban J connectivity index is 2.50. The van der Waals surface area contributed by atoms with Crippen molar-refractivity contribution in [2.24, 2.45) is 5.92 Å². The highest BCUT2D eigenvalue weighted by Gasteiger charge is 2.36. The zero-order valence-corrected chi connectivity index (χ0v) is 7.50. The molecule has 0 bridgehead atoms. The first-order valence-corrected chi connectivity index (χ1v) is 4.36. The van der Waals surface area contributed by atoms with Crippen molar-refractivity contribution in [3.8, 4) is 0 Å². The van der Waals surface area contributed by atoms with Gasteiger partial charge in [-0.15, -0.1) is 0 Å². The van der Waals surface area contributed by atoms with Crippen LogP contribution in [0.3, 0.4) is 0 Å². The molecule has 0 aromatic heterocycles. The number of ether oxygens (including phenoxy) is 1. The van der Waals surface area contributed by atoms with E-state index in [2.05, 4.69) is 0 Å². The molecule has 68 valence electrons. The first kappa shape index (κ1) is 9.23. The van der Waals surface area contributed by atoms with Crippen molar-refractivity contribution >= 4 is 11.8 Å². The van der Waals surface area contributed by atoms with Crippen LogP contribution in [-0.4, -0.2) is 17.9 Å². The summed E-state index contributed by atoms with van der Waals surface area (Å²) < 4.78 is 5.02. The van der Waals surface area contributed by atoms with E-state index in [0.717, 1.165) is 12.8 Å². The van der Waals surface area contributed by atoms with Gasteiger partial charge < -0.3 is 4.74 Å². The molecule has 0 unspecified atom stereocenters. The molecule has 0 aromatic rings. The van der Waals surface area contributed by atoms with Crippen molar-refractivity contribution in [3.05, 3.63) is 0 Å². The summed E-state index contributed by atoms with van der Waals surface area (Å²) in [5, 5.41) is 0. The van der Waals surface area contributed by atoms with Crippen molar-refractivity contribution in [3.63, 3.8) is 0 Å². The highest BCUT2D eigenvalue weighted by molar-refractivity contribution is 5.98. The zero-order chi connectivity index (χ0) is 9.14. The largest absolute Gasteiger partial charge is 0.462 e. The molecule has 0 radical (unpaired) electrons. The molecule has 0 amide bonds. The summed E-state index contributed by atoms with van der Waals surface area (Å²) in [5.41, 5.74) is 0. The van der Waals surface area contributed by atoms with Crippen LogP contribution in [0.2, 0.25) is 0 Å². The number of hydrogen-bond donors (Lipinski definition) is 0. The number of carbonyl (C=O) groups is 2. The number of esters is 1. The van der Waals surface area contributed by atoms with Crippen LogP contribution in [0.1, 0.15) is 33.1 Å². The quantitative estimate of drug-likeness (QED) is 0.473. The van der Waals surface area contributed by atoms with Gasteiger partial charge in [0, 0.05) is 6.42 Å². The van der Waals surface area contributed by atoms with Gasteiger partial charge in [-0.1, -0.05) is 13.3 Å². The number of ketones is 1. The van der Waals surface area contributed by atoms with Gasteiger partial charge in [0.2, 0.25) is 0 Å². The lowest BCUT2D eigenvalue weighted by Crippen LogP contribution is -2.15. The van der Waals surface area contributed by atoms with Crippen LogP contribution in [0.5, 0.6) is 0 Å². The average Bonchev–Trinajstić information content (AvgIpc) is 2.32. The summed E-state index contributed by atoms with van der Waals surface area (Å²) in [6.45, 7) is 3.48. The standard InChI is InChI=1S/C9H14O3/c1-3-4-7-5-8(6(2)10)9(11)12-7/h7-8H,3-5H2,1-2H3/t7-,8+/m1/s1. The van der Waals surface area contributed by atoms with Gasteiger partial charge in [-0.3, -0.25) is 9.59 Å². The molecule has 2 atom stereocenters. The van der Waals surface area contributed by atoms with Crippen LogP contribution in [0.15, 0.2) is 0 Å². The molecular weight excluding hydrogens is 156 g/mol. The van der Waals surface area contributed by atoms with Crippen LogP contribution < -0.4 is 0 Å². The first-order chi connectivity index (χ1) is 5.65. The van der Waals surface area contributed by atoms with E-state index in [-0.39, 0.29) is 17.9 Å². The predicted molar refractivity (Wildman–Crippen MR) is 43.6 cm³/mol. The van der Waals surface area contributed by atoms with Crippen molar-refractivity contribution in [1.29, 1.82) is 0 Å². The third-order valence-corrected chi connectivity index (χ3v) is 2.17. The second-order valence-corrected chi connectivity index (χ2v) is 3.25. The van der Waals surface area contributed by atoms with E-state index in [1.165, 1.54) is 6.92 Å². The lowest BCUT2D eigenvalue weighted by atomic mass is 9.99. The van der Waals surface area contributed by atoms with Gasteiger partial charge in [0.15, 0.2) is 0 Å². The predicted octanol–water partition coefficient (Wildman–Crippen LogP) is 1.31. The van der Waals surface area contributed by atoms with Crippen LogP contribution in [0, 0.1) is 5.92 Å². The Bertz CT molecular complexity index is 198. The zero-order valence-electron chi connectivity index (χ0n) is 7.50. The fraction of sp³-hybridized carbons (Fsp3) is 0.778. The number of Topliss-reactive ketones (excluding diaryl/α,β-unsaturated/α-hetero) is 1. The molecule has 3 nitrogen and oxygen atoms in total. The Morgan fingerprint density at radius 1 is 1.67 bits per heavy atom. The van der Waals surface area contributed by atoms with Gasteiger partial charge >= 0.3 is 5.97 Å². The Morgan fingerprint density at radius 2 is 2.33 bits per heavy atom. The molecule has 1 aliphatic rings. The first-order valence-electron chi connectivity index (χ1n) is 4.36. The van der Waals surface area contributed by atoms with E-state index >= 15 is 0 Å². The molecule has 3 heteroatoms. The minimum absolute atomic E-state index is 0.0172. The van der Waals surface area contributed by atoms with E-state index in [1.54, 1.807) is 0 Å². The Morgan fingerprint density at radius 3 is 2.75 bits per heavy atom. The minimum atomic E-state index is -0.485. The molecular formula is C9H14O3. The number of cyclic esters (lactones) is 1. The van der Waals surface area contributed by atoms with Crippen molar-refractivity contribution < 1.29 is 14.3 Å². The van der Waals surface area contributed by atoms with Crippen molar-refractivity contribution in [2.45, 2.75) is 39.2 Å². The Labute approximate surface area is 72.1 Å². The molecule has 0 spiro atoms. The van der Waals surface area contributed by atoms with Gasteiger partial charge in [-0.2, -0.15) is 0 Å². The topological polar surface area (TPSA) is 43.4 Å². The molecule has 0 aromatic carbocycles. The SMILES string of the molecule is CCC[C@@H]1C[C@@H](C(C)=O)C(=O)O1. The molecule has 0 aliphatic carbocycles. The van der Waals surface area contributed by atoms with E-state index in [9.17, 15) is 9.59 Å². The summed E-state index contributed by atoms with van der Waals surface area (Å²) in [6.07, 6.45) is 2.43. The van der Waals surface area contributed by atoms with E-state index in [1.807, 2.05) is 6.92 Å². The number of hydrogen-bond acceptors (Lipinski definition) is 3. The van der Waals surface area contributed by atoms with Crippen molar-refractivity contribution in [1.82, 2.24) is 0 Å². The van der Waals surface area contributed by atoms with Gasteiger partial charge in [-0.05, 0) is 13.3 Å². The van der Waals surface area contributed by atoms with Gasteiger partial charge in [0.1, 0.15) is 17.8 Å². The summed E-state index contributed by atoms with van der Waals surface area (Å²) in [4.78, 5) is 22.0. The van der Waals surface area contributed by atoms with Gasteiger partial charge in [0.25, 0.3) is 0 Å². The third kappa shape index (κ3) is 1.84. The van der Waals surface area contributed by atoms with Crippen LogP contribution >= 0.6 is 0 Å². The molecule has 12 heavy (non-hydrogen) atoms. The lowest BCUT2D eigenvalue weighted by molar-refractivity contribution is -0.146. The maximum Gasteiger partial charge on any atom is 0.316 e. The van der Waals surface area contributed by atoms with E-state index in [4.69, 9.17) is 4.74 Å². The molecule has 1 rings (SSSR count). The van der Waals surface area contributed by atoms with Crippen LogP contribution in [0.4, 0.5) is 0 Å². The maximum atomic E-state index is 11.1. The second kappa shape index (κ2) is 3.70. The normalized spacial score (nSPS) is 28.7. The summed E-state index contributed by atoms with van der Waals surface area (Å²) >= 11 is 0. The maximum absolute atomic E-state index is 11.1. The molecule has 1 saturated heterocycles. The summed E-state index contributed by atoms with van der Waals surface area (Å²) in [6, 6.07) is 0. The highest BCUT2D eigenvalue weighted by Crippen LogP contribution is 2.24. The fourth-order valence-corrected chi connectivity index (χ4v) is 1.48. The molecule has 1 fully saturated rings. The average molecular weight is 170 g/mol. The smallest absolute Gasteiger partial charge is 0.316 e. The monoisotopic (exact) mass is 170 g/mol. The Kier molecular flexibility index (Phi) is 2.84. The molecule has 0 N–H and O–H groups in total. The number of carbonyl (C=O) groups excluding carboxylic acids is 2. The minimum Gasteiger partial charge on any atom is -0.462 e. The van der Waals surface area contributed by atoms with Crippen LogP contribution in [-0.2, 0) is 14.3 Å². The third-order valence-electron chi connectivity index (χ3n) is 2.17. The Hall–Kier alpha value is -0.860. The van der Waals surface area contributed by atoms with E-state index in [0.29, 0.717) is 6.42 Å². The lowest BCUT2D eigenvalue weighted by Gasteiger charge is -2.04. The van der Waals surface area contributed by atoms with E-state index < -0.39 is 5.92 Å². The second-order valence-electron chi connectivity index (χ2n) is 3.25.